The predicted molar refractivity (Wildman–Crippen MR) is 71.3 cm³/mol. The van der Waals surface area contributed by atoms with Gasteiger partial charge in [-0.2, -0.15) is 5.26 Å². The molecule has 1 aromatic heterocycles. The summed E-state index contributed by atoms with van der Waals surface area (Å²) >= 11 is 0. The number of aromatic nitrogens is 1. The van der Waals surface area contributed by atoms with Gasteiger partial charge in [0.25, 0.3) is 0 Å². The van der Waals surface area contributed by atoms with Gasteiger partial charge in [0.15, 0.2) is 0 Å². The summed E-state index contributed by atoms with van der Waals surface area (Å²) in [6, 6.07) is 9.12. The molecule has 2 heterocycles. The number of nitrogens with zero attached hydrogens (tertiary/aromatic N) is 3. The Morgan fingerprint density at radius 3 is 3.00 bits per heavy atom. The van der Waals surface area contributed by atoms with Crippen LogP contribution < -0.4 is 4.90 Å². The van der Waals surface area contributed by atoms with Crippen LogP contribution in [0.25, 0.3) is 0 Å². The lowest BCUT2D eigenvalue weighted by Crippen LogP contribution is -2.38. The SMILES string of the molecule is CC1CC2CCCCC2N1c1cccc(C#N)n1. The molecule has 1 aromatic rings. The van der Waals surface area contributed by atoms with Crippen LogP contribution in [0.3, 0.4) is 0 Å². The average Bonchev–Trinajstić information content (AvgIpc) is 2.74. The molecule has 0 amide bonds. The Morgan fingerprint density at radius 2 is 2.17 bits per heavy atom. The van der Waals surface area contributed by atoms with Gasteiger partial charge in [-0.15, -0.1) is 0 Å². The number of hydrogen-bond donors (Lipinski definition) is 0. The van der Waals surface area contributed by atoms with Gasteiger partial charge in [-0.1, -0.05) is 18.9 Å². The topological polar surface area (TPSA) is 39.9 Å². The molecule has 1 saturated heterocycles. The van der Waals surface area contributed by atoms with E-state index < -0.39 is 0 Å². The molecule has 1 aliphatic carbocycles. The Labute approximate surface area is 108 Å². The smallest absolute Gasteiger partial charge is 0.142 e. The van der Waals surface area contributed by atoms with Gasteiger partial charge in [0, 0.05) is 12.1 Å². The van der Waals surface area contributed by atoms with Gasteiger partial charge in [-0.05, 0) is 44.2 Å². The zero-order valence-corrected chi connectivity index (χ0v) is 10.8. The van der Waals surface area contributed by atoms with E-state index in [2.05, 4.69) is 22.9 Å². The highest BCUT2D eigenvalue weighted by molar-refractivity contribution is 5.45. The second-order valence-electron chi connectivity index (χ2n) is 5.60. The maximum absolute atomic E-state index is 8.97. The van der Waals surface area contributed by atoms with Crippen LogP contribution in [0.5, 0.6) is 0 Å². The highest BCUT2D eigenvalue weighted by Gasteiger charge is 2.40. The first-order chi connectivity index (χ1) is 8.79. The van der Waals surface area contributed by atoms with Gasteiger partial charge < -0.3 is 4.90 Å². The molecule has 0 N–H and O–H groups in total. The van der Waals surface area contributed by atoms with E-state index >= 15 is 0 Å². The van der Waals surface area contributed by atoms with Crippen molar-refractivity contribution in [1.29, 1.82) is 5.26 Å². The maximum atomic E-state index is 8.97. The second kappa shape index (κ2) is 4.61. The highest BCUT2D eigenvalue weighted by atomic mass is 15.3. The molecule has 3 rings (SSSR count). The van der Waals surface area contributed by atoms with E-state index in [0.29, 0.717) is 17.8 Å². The zero-order valence-electron chi connectivity index (χ0n) is 10.8. The molecule has 0 bridgehead atoms. The van der Waals surface area contributed by atoms with Crippen LogP contribution in [0.15, 0.2) is 18.2 Å². The molecule has 3 heteroatoms. The first-order valence-corrected chi connectivity index (χ1v) is 6.95. The van der Waals surface area contributed by atoms with Crippen molar-refractivity contribution in [2.24, 2.45) is 5.92 Å². The van der Waals surface area contributed by atoms with Gasteiger partial charge >= 0.3 is 0 Å². The summed E-state index contributed by atoms with van der Waals surface area (Å²) in [6.45, 7) is 2.29. The first kappa shape index (κ1) is 11.5. The van der Waals surface area contributed by atoms with E-state index in [4.69, 9.17) is 5.26 Å². The Hall–Kier alpha value is -1.56. The van der Waals surface area contributed by atoms with Gasteiger partial charge in [0.05, 0.1) is 0 Å². The first-order valence-electron chi connectivity index (χ1n) is 6.95. The summed E-state index contributed by atoms with van der Waals surface area (Å²) < 4.78 is 0. The third kappa shape index (κ3) is 1.86. The van der Waals surface area contributed by atoms with Gasteiger partial charge in [0.2, 0.25) is 0 Å². The molecule has 94 valence electrons. The van der Waals surface area contributed by atoms with E-state index in [9.17, 15) is 0 Å². The van der Waals surface area contributed by atoms with Gasteiger partial charge in [-0.3, -0.25) is 0 Å². The van der Waals surface area contributed by atoms with Crippen LogP contribution in [0.1, 0.15) is 44.7 Å². The minimum absolute atomic E-state index is 0.527. The molecule has 18 heavy (non-hydrogen) atoms. The van der Waals surface area contributed by atoms with Crippen molar-refractivity contribution >= 4 is 5.82 Å². The number of hydrogen-bond acceptors (Lipinski definition) is 3. The second-order valence-corrected chi connectivity index (χ2v) is 5.60. The third-order valence-electron chi connectivity index (χ3n) is 4.46. The van der Waals surface area contributed by atoms with Crippen molar-refractivity contribution in [3.05, 3.63) is 23.9 Å². The van der Waals surface area contributed by atoms with Crippen LogP contribution >= 0.6 is 0 Å². The summed E-state index contributed by atoms with van der Waals surface area (Å²) in [5.74, 6) is 1.83. The van der Waals surface area contributed by atoms with Crippen molar-refractivity contribution in [2.45, 2.75) is 51.1 Å². The molecule has 1 aliphatic heterocycles. The van der Waals surface area contributed by atoms with E-state index in [0.717, 1.165) is 11.7 Å². The van der Waals surface area contributed by atoms with Crippen LogP contribution in [0, 0.1) is 17.2 Å². The molecule has 3 unspecified atom stereocenters. The normalized spacial score (nSPS) is 30.9. The molecule has 0 spiro atoms. The Balaban J connectivity index is 1.92. The predicted octanol–water partition coefficient (Wildman–Crippen LogP) is 3.11. The van der Waals surface area contributed by atoms with E-state index in [-0.39, 0.29) is 0 Å². The van der Waals surface area contributed by atoms with Crippen molar-refractivity contribution in [2.75, 3.05) is 4.90 Å². The fourth-order valence-corrected chi connectivity index (χ4v) is 3.73. The minimum Gasteiger partial charge on any atom is -0.351 e. The summed E-state index contributed by atoms with van der Waals surface area (Å²) in [4.78, 5) is 6.94. The molecule has 3 nitrogen and oxygen atoms in total. The van der Waals surface area contributed by atoms with Crippen molar-refractivity contribution in [3.8, 4) is 6.07 Å². The lowest BCUT2D eigenvalue weighted by molar-refractivity contribution is 0.341. The zero-order chi connectivity index (χ0) is 12.5. The molecule has 2 aliphatic rings. The Kier molecular flexibility index (Phi) is 2.95. The average molecular weight is 241 g/mol. The van der Waals surface area contributed by atoms with Crippen molar-refractivity contribution in [3.63, 3.8) is 0 Å². The fraction of sp³-hybridized carbons (Fsp3) is 0.600. The molecule has 0 radical (unpaired) electrons. The summed E-state index contributed by atoms with van der Waals surface area (Å²) in [5, 5.41) is 8.97. The quantitative estimate of drug-likeness (QED) is 0.758. The summed E-state index contributed by atoms with van der Waals surface area (Å²) in [5.41, 5.74) is 0.527. The molecule has 2 fully saturated rings. The lowest BCUT2D eigenvalue weighted by Gasteiger charge is -2.34. The largest absolute Gasteiger partial charge is 0.351 e. The molecule has 3 atom stereocenters. The van der Waals surface area contributed by atoms with Crippen LogP contribution in [0.4, 0.5) is 5.82 Å². The molecular formula is C15H19N3. The van der Waals surface area contributed by atoms with Gasteiger partial charge in [0.1, 0.15) is 17.6 Å². The third-order valence-corrected chi connectivity index (χ3v) is 4.46. The van der Waals surface area contributed by atoms with Crippen molar-refractivity contribution < 1.29 is 0 Å². The van der Waals surface area contributed by atoms with Crippen molar-refractivity contribution in [1.82, 2.24) is 4.98 Å². The number of nitriles is 1. The van der Waals surface area contributed by atoms with Crippen LogP contribution in [0.2, 0.25) is 0 Å². The number of pyridine rings is 1. The molecule has 1 saturated carbocycles. The Morgan fingerprint density at radius 1 is 1.33 bits per heavy atom. The van der Waals surface area contributed by atoms with Crippen LogP contribution in [-0.2, 0) is 0 Å². The fourth-order valence-electron chi connectivity index (χ4n) is 3.73. The van der Waals surface area contributed by atoms with Crippen LogP contribution in [-0.4, -0.2) is 17.1 Å². The number of anilines is 1. The minimum atomic E-state index is 0.527. The summed E-state index contributed by atoms with van der Waals surface area (Å²) in [7, 11) is 0. The monoisotopic (exact) mass is 241 g/mol. The lowest BCUT2D eigenvalue weighted by atomic mass is 9.85. The standard InChI is InChI=1S/C15H19N3/c1-11-9-12-5-2-3-7-14(12)18(11)15-8-4-6-13(10-16)17-15/h4,6,8,11-12,14H,2-3,5,7,9H2,1H3. The van der Waals surface area contributed by atoms with E-state index in [1.54, 1.807) is 6.07 Å². The molecule has 0 aromatic carbocycles. The number of fused-ring (bicyclic) bond motifs is 1. The van der Waals surface area contributed by atoms with E-state index in [1.165, 1.54) is 32.1 Å². The highest BCUT2D eigenvalue weighted by Crippen LogP contribution is 2.41. The van der Waals surface area contributed by atoms with E-state index in [1.807, 2.05) is 12.1 Å². The summed E-state index contributed by atoms with van der Waals surface area (Å²) in [6.07, 6.45) is 6.65. The number of rotatable bonds is 1. The van der Waals surface area contributed by atoms with Gasteiger partial charge in [-0.25, -0.2) is 4.98 Å². The Bertz CT molecular complexity index is 477. The maximum Gasteiger partial charge on any atom is 0.142 e. The molecular weight excluding hydrogens is 222 g/mol.